The van der Waals surface area contributed by atoms with Crippen molar-refractivity contribution in [2.45, 2.75) is 25.9 Å². The van der Waals surface area contributed by atoms with Crippen LogP contribution >= 0.6 is 11.3 Å². The van der Waals surface area contributed by atoms with Crippen molar-refractivity contribution in [3.8, 4) is 5.06 Å². The molecule has 11 heteroatoms. The molecule has 1 N–H and O–H groups in total. The smallest absolute Gasteiger partial charge is 0.414 e. The quantitative estimate of drug-likeness (QED) is 0.588. The monoisotopic (exact) mass is 394 g/mol. The topological polar surface area (TPSA) is 79.7 Å². The summed E-state index contributed by atoms with van der Waals surface area (Å²) >= 11 is -1.90. The third-order valence-electron chi connectivity index (χ3n) is 2.88. The molecule has 1 unspecified atom stereocenters. The fourth-order valence-electron chi connectivity index (χ4n) is 1.84. The zero-order valence-electron chi connectivity index (χ0n) is 12.8. The zero-order valence-corrected chi connectivity index (χ0v) is 14.5. The number of rotatable bonds is 6. The van der Waals surface area contributed by atoms with Crippen molar-refractivity contribution < 1.29 is 31.5 Å². The van der Waals surface area contributed by atoms with E-state index < -0.39 is 29.0 Å². The van der Waals surface area contributed by atoms with Crippen LogP contribution in [0.2, 0.25) is 0 Å². The number of anilines is 2. The number of hydrogen-bond donors (Lipinski definition) is 1. The molecule has 1 heterocycles. The molecule has 0 aliphatic carbocycles. The van der Waals surface area contributed by atoms with Crippen molar-refractivity contribution in [1.29, 1.82) is 0 Å². The van der Waals surface area contributed by atoms with Crippen LogP contribution in [0, 0.1) is 0 Å². The fourth-order valence-corrected chi connectivity index (χ4v) is 3.33. The first-order valence-corrected chi connectivity index (χ1v) is 8.85. The number of carbonyl (C=O) groups excluding carboxylic acids is 1. The van der Waals surface area contributed by atoms with E-state index in [0.29, 0.717) is 10.7 Å². The lowest BCUT2D eigenvalue weighted by atomic mass is 10.2. The number of hydrogen-bond acceptors (Lipinski definition) is 5. The van der Waals surface area contributed by atoms with Crippen LogP contribution in [0.3, 0.4) is 0 Å². The summed E-state index contributed by atoms with van der Waals surface area (Å²) < 4.78 is 65.3. The molecule has 0 saturated carbocycles. The van der Waals surface area contributed by atoms with Gasteiger partial charge in [-0.15, -0.1) is 0 Å². The summed E-state index contributed by atoms with van der Waals surface area (Å²) in [4.78, 5) is 15.3. The lowest BCUT2D eigenvalue weighted by Gasteiger charge is -2.18. The van der Waals surface area contributed by atoms with E-state index in [-0.39, 0.29) is 22.3 Å². The highest BCUT2D eigenvalue weighted by atomic mass is 32.2. The zero-order chi connectivity index (χ0) is 18.6. The number of benzene rings is 1. The third kappa shape index (κ3) is 5.00. The van der Waals surface area contributed by atoms with Gasteiger partial charge in [0.2, 0.25) is 10.2 Å². The number of esters is 1. The van der Waals surface area contributed by atoms with Gasteiger partial charge in [-0.3, -0.25) is 9.35 Å². The minimum Gasteiger partial charge on any atom is -0.414 e. The van der Waals surface area contributed by atoms with Crippen molar-refractivity contribution >= 4 is 39.4 Å². The fraction of sp³-hybridized carbons (Fsp3) is 0.286. The largest absolute Gasteiger partial charge is 0.416 e. The summed E-state index contributed by atoms with van der Waals surface area (Å²) in [5.74, 6) is -0.492. The molecule has 1 atom stereocenters. The normalized spacial score (nSPS) is 12.7. The van der Waals surface area contributed by atoms with Crippen LogP contribution < -0.4 is 9.04 Å². The van der Waals surface area contributed by atoms with Crippen LogP contribution in [0.5, 0.6) is 5.06 Å². The molecule has 0 bridgehead atoms. The minimum atomic E-state index is -4.59. The van der Waals surface area contributed by atoms with Crippen LogP contribution in [0.25, 0.3) is 0 Å². The summed E-state index contributed by atoms with van der Waals surface area (Å²) in [7, 11) is 0. The Hall–Kier alpha value is -1.98. The maximum atomic E-state index is 12.8. The molecule has 136 valence electrons. The van der Waals surface area contributed by atoms with Gasteiger partial charge in [-0.1, -0.05) is 24.3 Å². The Morgan fingerprint density at radius 1 is 1.44 bits per heavy atom. The average molecular weight is 394 g/mol. The van der Waals surface area contributed by atoms with Gasteiger partial charge in [0.15, 0.2) is 0 Å². The second-order valence-corrected chi connectivity index (χ2v) is 6.56. The maximum Gasteiger partial charge on any atom is 0.416 e. The van der Waals surface area contributed by atoms with Gasteiger partial charge in [-0.2, -0.15) is 13.2 Å². The van der Waals surface area contributed by atoms with Crippen LogP contribution in [0.1, 0.15) is 25.3 Å². The Balaban J connectivity index is 2.32. The molecule has 0 radical (unpaired) electrons. The van der Waals surface area contributed by atoms with Crippen LogP contribution in [-0.4, -0.2) is 19.7 Å². The summed E-state index contributed by atoms with van der Waals surface area (Å²) in [5.41, 5.74) is -1.14. The summed E-state index contributed by atoms with van der Waals surface area (Å²) in [6.07, 6.45) is -2.65. The van der Waals surface area contributed by atoms with E-state index in [1.54, 1.807) is 6.92 Å². The van der Waals surface area contributed by atoms with Crippen molar-refractivity contribution in [2.75, 3.05) is 4.31 Å². The van der Waals surface area contributed by atoms with Gasteiger partial charge in [-0.05, 0) is 24.6 Å². The Bertz CT molecular complexity index is 779. The minimum absolute atomic E-state index is 0.0795. The van der Waals surface area contributed by atoms with Crippen LogP contribution in [-0.2, 0) is 22.2 Å². The van der Waals surface area contributed by atoms with Crippen molar-refractivity contribution in [1.82, 2.24) is 4.98 Å². The number of nitrogens with zero attached hydrogens (tertiary/aromatic N) is 2. The first-order valence-electron chi connectivity index (χ1n) is 6.97. The Kier molecular flexibility index (Phi) is 6.14. The van der Waals surface area contributed by atoms with Crippen LogP contribution in [0.4, 0.5) is 24.0 Å². The van der Waals surface area contributed by atoms with Gasteiger partial charge in [0.05, 0.1) is 17.4 Å². The number of thiazole rings is 1. The molecule has 0 aliphatic heterocycles. The second-order valence-electron chi connectivity index (χ2n) is 4.76. The Morgan fingerprint density at radius 2 is 2.16 bits per heavy atom. The molecule has 1 aromatic heterocycles. The maximum absolute atomic E-state index is 12.8. The lowest BCUT2D eigenvalue weighted by molar-refractivity contribution is -0.137. The van der Waals surface area contributed by atoms with Gasteiger partial charge in [0, 0.05) is 6.42 Å². The summed E-state index contributed by atoms with van der Waals surface area (Å²) in [5, 5.41) is -0.00432. The second kappa shape index (κ2) is 7.93. The number of aromatic nitrogens is 1. The molecule has 0 amide bonds. The van der Waals surface area contributed by atoms with E-state index in [2.05, 4.69) is 4.98 Å². The molecule has 0 fully saturated rings. The summed E-state index contributed by atoms with van der Waals surface area (Å²) in [6, 6.07) is 3.95. The molecule has 1 aromatic carbocycles. The standard InChI is InChI=1S/C14H13F3N2O4S2/c1-2-4-11(20)23-12-8-18-13(24-12)19(25(21)22)10-6-3-5-9(7-10)14(15,16)17/h3,5-8H,2,4H2,1H3,(H,21,22). The SMILES string of the molecule is CCCC(=O)Oc1cnc(N(c2cccc(C(F)(F)F)c2)S(=O)O)s1. The number of alkyl halides is 3. The number of halogens is 3. The average Bonchev–Trinajstić information content (AvgIpc) is 2.94. The molecule has 0 spiro atoms. The first kappa shape index (κ1) is 19.3. The Morgan fingerprint density at radius 3 is 2.76 bits per heavy atom. The first-order chi connectivity index (χ1) is 11.7. The molecule has 0 aliphatic rings. The van der Waals surface area contributed by atoms with E-state index in [9.17, 15) is 26.7 Å². The number of ether oxygens (including phenoxy) is 1. The molecule has 0 saturated heterocycles. The van der Waals surface area contributed by atoms with Crippen molar-refractivity contribution in [3.63, 3.8) is 0 Å². The van der Waals surface area contributed by atoms with Gasteiger partial charge in [0.1, 0.15) is 0 Å². The molecule has 25 heavy (non-hydrogen) atoms. The van der Waals surface area contributed by atoms with Crippen LogP contribution in [0.15, 0.2) is 30.5 Å². The lowest BCUT2D eigenvalue weighted by Crippen LogP contribution is -2.19. The van der Waals surface area contributed by atoms with E-state index >= 15 is 0 Å². The molecule has 2 rings (SSSR count). The highest BCUT2D eigenvalue weighted by Gasteiger charge is 2.31. The van der Waals surface area contributed by atoms with E-state index in [0.717, 1.165) is 29.5 Å². The predicted molar refractivity (Wildman–Crippen MR) is 87.0 cm³/mol. The molecule has 2 aromatic rings. The molecular formula is C14H13F3N2O4S2. The van der Waals surface area contributed by atoms with Crippen molar-refractivity contribution in [2.24, 2.45) is 0 Å². The third-order valence-corrected chi connectivity index (χ3v) is 4.55. The van der Waals surface area contributed by atoms with Gasteiger partial charge >= 0.3 is 12.1 Å². The van der Waals surface area contributed by atoms with E-state index in [4.69, 9.17) is 4.74 Å². The molecular weight excluding hydrogens is 381 g/mol. The van der Waals surface area contributed by atoms with E-state index in [1.807, 2.05) is 0 Å². The Labute approximate surface area is 147 Å². The van der Waals surface area contributed by atoms with E-state index in [1.165, 1.54) is 12.3 Å². The van der Waals surface area contributed by atoms with Crippen molar-refractivity contribution in [3.05, 3.63) is 36.0 Å². The predicted octanol–water partition coefficient (Wildman–Crippen LogP) is 4.14. The number of carbonyl (C=O) groups is 1. The highest BCUT2D eigenvalue weighted by molar-refractivity contribution is 7.81. The van der Waals surface area contributed by atoms with Gasteiger partial charge < -0.3 is 4.74 Å². The highest BCUT2D eigenvalue weighted by Crippen LogP contribution is 2.37. The summed E-state index contributed by atoms with van der Waals surface area (Å²) in [6.45, 7) is 1.80. The van der Waals surface area contributed by atoms with Gasteiger partial charge in [-0.25, -0.2) is 13.5 Å². The van der Waals surface area contributed by atoms with Gasteiger partial charge in [0.25, 0.3) is 11.3 Å². The molecule has 6 nitrogen and oxygen atoms in total.